The lowest BCUT2D eigenvalue weighted by atomic mass is 9.99. The van der Waals surface area contributed by atoms with Gasteiger partial charge in [0.05, 0.1) is 18.0 Å². The topological polar surface area (TPSA) is 110 Å². The van der Waals surface area contributed by atoms with Gasteiger partial charge >= 0.3 is 0 Å². The van der Waals surface area contributed by atoms with Crippen molar-refractivity contribution in [2.24, 2.45) is 5.92 Å². The highest BCUT2D eigenvalue weighted by Gasteiger charge is 2.25. The van der Waals surface area contributed by atoms with Gasteiger partial charge in [0.1, 0.15) is 17.5 Å². The number of hydrogen-bond acceptors (Lipinski definition) is 6. The Morgan fingerprint density at radius 3 is 2.50 bits per heavy atom. The Morgan fingerprint density at radius 1 is 1.19 bits per heavy atom. The van der Waals surface area contributed by atoms with E-state index in [0.29, 0.717) is 30.2 Å². The number of hydrogen-bond donors (Lipinski definition) is 3. The quantitative estimate of drug-likeness (QED) is 0.459. The first-order valence-corrected chi connectivity index (χ1v) is 10.6. The lowest BCUT2D eigenvalue weighted by molar-refractivity contribution is -0.119. The van der Waals surface area contributed by atoms with E-state index in [9.17, 15) is 15.0 Å². The number of aromatic nitrogens is 3. The molecule has 32 heavy (non-hydrogen) atoms. The maximum atomic E-state index is 12.9. The summed E-state index contributed by atoms with van der Waals surface area (Å²) in [6, 6.07) is 8.22. The second-order valence-corrected chi connectivity index (χ2v) is 8.90. The van der Waals surface area contributed by atoms with Crippen LogP contribution >= 0.6 is 0 Å². The first-order chi connectivity index (χ1) is 15.1. The van der Waals surface area contributed by atoms with Crippen LogP contribution in [-0.4, -0.2) is 36.3 Å². The number of ether oxygens (including phenoxy) is 1. The molecule has 1 atom stereocenters. The molecule has 0 radical (unpaired) electrons. The smallest absolute Gasteiger partial charge is 0.248 e. The highest BCUT2D eigenvalue weighted by molar-refractivity contribution is 5.93. The molecule has 0 unspecified atom stereocenters. The van der Waals surface area contributed by atoms with E-state index in [1.165, 1.54) is 29.2 Å². The summed E-state index contributed by atoms with van der Waals surface area (Å²) < 4.78 is 7.38. The molecule has 0 saturated heterocycles. The minimum atomic E-state index is -0.789. The lowest BCUT2D eigenvalue weighted by Crippen LogP contribution is -2.27. The van der Waals surface area contributed by atoms with Crippen molar-refractivity contribution in [3.8, 4) is 17.4 Å². The van der Waals surface area contributed by atoms with Gasteiger partial charge in [-0.15, -0.1) is 0 Å². The molecular formula is C24H30N4O4. The van der Waals surface area contributed by atoms with Crippen LogP contribution in [-0.2, 0) is 11.2 Å². The van der Waals surface area contributed by atoms with Gasteiger partial charge in [-0.05, 0) is 43.9 Å². The Bertz CT molecular complexity index is 1020. The van der Waals surface area contributed by atoms with E-state index in [2.05, 4.69) is 15.3 Å². The maximum Gasteiger partial charge on any atom is 0.248 e. The lowest BCUT2D eigenvalue weighted by Gasteiger charge is -2.20. The van der Waals surface area contributed by atoms with Gasteiger partial charge in [0.25, 0.3) is 0 Å². The standard InChI is InChI=1S/C24H30N4O4/c1-16(2)11-20(23(30)27-21-14-25-9-10-26-21)28-15-19(12-22(28)29)32-18-7-5-17(6-8-18)13-24(3,4)31/h5-10,12,14-16,20,29,31H,11,13H2,1-4H3,(H,26,27,30)/t20-/m0/s1. The molecule has 0 saturated carbocycles. The number of nitrogens with one attached hydrogen (secondary N) is 1. The van der Waals surface area contributed by atoms with Crippen molar-refractivity contribution in [2.75, 3.05) is 5.32 Å². The average Bonchev–Trinajstić information content (AvgIpc) is 3.07. The van der Waals surface area contributed by atoms with Crippen LogP contribution in [0.5, 0.6) is 17.4 Å². The average molecular weight is 439 g/mol. The van der Waals surface area contributed by atoms with Crippen LogP contribution in [0.3, 0.4) is 0 Å². The third-order valence-electron chi connectivity index (χ3n) is 4.75. The molecule has 3 N–H and O–H groups in total. The van der Waals surface area contributed by atoms with Crippen LogP contribution in [0.15, 0.2) is 55.1 Å². The largest absolute Gasteiger partial charge is 0.494 e. The Kier molecular flexibility index (Phi) is 7.15. The van der Waals surface area contributed by atoms with Crippen molar-refractivity contribution in [2.45, 2.75) is 52.2 Å². The number of carbonyl (C=O) groups is 1. The molecule has 170 valence electrons. The molecule has 2 aromatic heterocycles. The van der Waals surface area contributed by atoms with E-state index in [0.717, 1.165) is 5.56 Å². The second kappa shape index (κ2) is 9.82. The van der Waals surface area contributed by atoms with Crippen molar-refractivity contribution in [3.05, 3.63) is 60.7 Å². The number of rotatable bonds is 9. The molecule has 3 aromatic rings. The highest BCUT2D eigenvalue weighted by Crippen LogP contribution is 2.32. The van der Waals surface area contributed by atoms with Gasteiger partial charge in [0.15, 0.2) is 11.7 Å². The van der Waals surface area contributed by atoms with Crippen LogP contribution in [0.1, 0.15) is 45.7 Å². The first kappa shape index (κ1) is 23.3. The molecule has 8 heteroatoms. The Balaban J connectivity index is 1.77. The van der Waals surface area contributed by atoms with E-state index in [4.69, 9.17) is 4.74 Å². The zero-order valence-electron chi connectivity index (χ0n) is 18.8. The number of benzene rings is 1. The summed E-state index contributed by atoms with van der Waals surface area (Å²) in [5, 5.41) is 23.2. The Morgan fingerprint density at radius 2 is 1.91 bits per heavy atom. The maximum absolute atomic E-state index is 12.9. The molecule has 3 rings (SSSR count). The molecule has 0 aliphatic carbocycles. The predicted octanol–water partition coefficient (Wildman–Crippen LogP) is 4.32. The molecule has 0 bridgehead atoms. The molecule has 0 spiro atoms. The molecule has 2 heterocycles. The van der Waals surface area contributed by atoms with Crippen LogP contribution < -0.4 is 10.1 Å². The van der Waals surface area contributed by atoms with Gasteiger partial charge in [-0.1, -0.05) is 26.0 Å². The van der Waals surface area contributed by atoms with Crippen LogP contribution in [0.25, 0.3) is 0 Å². The van der Waals surface area contributed by atoms with E-state index in [-0.39, 0.29) is 17.7 Å². The Labute approximate surface area is 187 Å². The monoisotopic (exact) mass is 438 g/mol. The van der Waals surface area contributed by atoms with Crippen molar-refractivity contribution in [1.82, 2.24) is 14.5 Å². The predicted molar refractivity (Wildman–Crippen MR) is 122 cm³/mol. The Hall–Kier alpha value is -3.39. The van der Waals surface area contributed by atoms with Gasteiger partial charge in [-0.2, -0.15) is 0 Å². The molecule has 1 amide bonds. The zero-order valence-corrected chi connectivity index (χ0v) is 18.8. The van der Waals surface area contributed by atoms with Gasteiger partial charge in [-0.25, -0.2) is 4.98 Å². The van der Waals surface area contributed by atoms with Crippen molar-refractivity contribution in [1.29, 1.82) is 0 Å². The van der Waals surface area contributed by atoms with Crippen LogP contribution in [0, 0.1) is 5.92 Å². The van der Waals surface area contributed by atoms with Gasteiger partial charge < -0.3 is 24.8 Å². The fourth-order valence-electron chi connectivity index (χ4n) is 3.43. The van der Waals surface area contributed by atoms with Gasteiger partial charge in [0.2, 0.25) is 5.91 Å². The zero-order chi connectivity index (χ0) is 23.3. The van der Waals surface area contributed by atoms with E-state index in [1.54, 1.807) is 20.0 Å². The SMILES string of the molecule is CC(C)C[C@@H](C(=O)Nc1cnccn1)n1cc(Oc2ccc(CC(C)(C)O)cc2)cc1O. The fraction of sp³-hybridized carbons (Fsp3) is 0.375. The van der Waals surface area contributed by atoms with Crippen molar-refractivity contribution < 1.29 is 19.7 Å². The second-order valence-electron chi connectivity index (χ2n) is 8.90. The summed E-state index contributed by atoms with van der Waals surface area (Å²) in [7, 11) is 0. The van der Waals surface area contributed by atoms with Crippen molar-refractivity contribution >= 4 is 11.7 Å². The van der Waals surface area contributed by atoms with E-state index < -0.39 is 11.6 Å². The molecule has 0 fully saturated rings. The summed E-state index contributed by atoms with van der Waals surface area (Å²) >= 11 is 0. The van der Waals surface area contributed by atoms with E-state index in [1.807, 2.05) is 38.1 Å². The van der Waals surface area contributed by atoms with Crippen LogP contribution in [0.2, 0.25) is 0 Å². The van der Waals surface area contributed by atoms with Crippen molar-refractivity contribution in [3.63, 3.8) is 0 Å². The third-order valence-corrected chi connectivity index (χ3v) is 4.75. The first-order valence-electron chi connectivity index (χ1n) is 10.6. The summed E-state index contributed by atoms with van der Waals surface area (Å²) in [4.78, 5) is 21.0. The third kappa shape index (κ3) is 6.55. The van der Waals surface area contributed by atoms with Gasteiger partial charge in [0, 0.05) is 24.9 Å². The number of anilines is 1. The number of aromatic hydroxyl groups is 1. The summed E-state index contributed by atoms with van der Waals surface area (Å²) in [5.74, 6) is 1.19. The fourth-order valence-corrected chi connectivity index (χ4v) is 3.43. The molecule has 8 nitrogen and oxygen atoms in total. The van der Waals surface area contributed by atoms with E-state index >= 15 is 0 Å². The normalized spacial score (nSPS) is 12.6. The number of carbonyl (C=O) groups excluding carboxylic acids is 1. The van der Waals surface area contributed by atoms with Crippen LogP contribution in [0.4, 0.5) is 5.82 Å². The minimum Gasteiger partial charge on any atom is -0.494 e. The summed E-state index contributed by atoms with van der Waals surface area (Å²) in [5.41, 5.74) is 0.200. The number of nitrogens with zero attached hydrogens (tertiary/aromatic N) is 3. The summed E-state index contributed by atoms with van der Waals surface area (Å²) in [6.07, 6.45) is 7.15. The number of amides is 1. The molecular weight excluding hydrogens is 408 g/mol. The highest BCUT2D eigenvalue weighted by atomic mass is 16.5. The number of aliphatic hydroxyl groups is 1. The molecule has 1 aromatic carbocycles. The molecule has 0 aliphatic heterocycles. The molecule has 0 aliphatic rings. The van der Waals surface area contributed by atoms with Gasteiger partial charge in [-0.3, -0.25) is 9.78 Å². The minimum absolute atomic E-state index is 0.0707. The summed E-state index contributed by atoms with van der Waals surface area (Å²) in [6.45, 7) is 7.54.